The lowest BCUT2D eigenvalue weighted by atomic mass is 10.1. The summed E-state index contributed by atoms with van der Waals surface area (Å²) in [6.45, 7) is 1.55. The van der Waals surface area contributed by atoms with Crippen LogP contribution in [0.25, 0.3) is 10.9 Å². The van der Waals surface area contributed by atoms with Crippen LogP contribution in [0.3, 0.4) is 0 Å². The number of pyridine rings is 1. The van der Waals surface area contributed by atoms with E-state index in [1.165, 1.54) is 10.5 Å². The van der Waals surface area contributed by atoms with Crippen LogP contribution in [0.15, 0.2) is 76.7 Å². The van der Waals surface area contributed by atoms with Gasteiger partial charge in [0.2, 0.25) is 0 Å². The third-order valence-electron chi connectivity index (χ3n) is 3.79. The van der Waals surface area contributed by atoms with Crippen molar-refractivity contribution in [3.05, 3.63) is 72.4 Å². The van der Waals surface area contributed by atoms with Crippen molar-refractivity contribution in [2.45, 2.75) is 11.4 Å². The van der Waals surface area contributed by atoms with Gasteiger partial charge in [0.05, 0.1) is 5.52 Å². The normalized spacial score (nSPS) is 11.5. The molecular formula is C20H22N4S. The summed E-state index contributed by atoms with van der Waals surface area (Å²) in [6.07, 6.45) is 1.83. The Bertz CT molecular complexity index is 828. The van der Waals surface area contributed by atoms with E-state index in [4.69, 9.17) is 0 Å². The molecule has 0 spiro atoms. The molecule has 0 fully saturated rings. The van der Waals surface area contributed by atoms with Crippen molar-refractivity contribution < 1.29 is 0 Å². The van der Waals surface area contributed by atoms with Gasteiger partial charge in [-0.1, -0.05) is 42.5 Å². The predicted molar refractivity (Wildman–Crippen MR) is 107 cm³/mol. The topological polar surface area (TPSA) is 49.3 Å². The molecule has 128 valence electrons. The van der Waals surface area contributed by atoms with E-state index in [-0.39, 0.29) is 0 Å². The largest absolute Gasteiger partial charge is 0.356 e. The van der Waals surface area contributed by atoms with Gasteiger partial charge < -0.3 is 10.6 Å². The summed E-state index contributed by atoms with van der Waals surface area (Å²) in [5.41, 5.74) is 2.20. The summed E-state index contributed by atoms with van der Waals surface area (Å²) >= 11 is 1.83. The number of benzene rings is 2. The highest BCUT2D eigenvalue weighted by molar-refractivity contribution is 7.99. The predicted octanol–water partition coefficient (Wildman–Crippen LogP) is 3.69. The van der Waals surface area contributed by atoms with Gasteiger partial charge in [0.15, 0.2) is 5.96 Å². The number of aliphatic imine (C=N–C) groups is 1. The molecule has 0 radical (unpaired) electrons. The number of para-hydroxylation sites is 1. The van der Waals surface area contributed by atoms with E-state index < -0.39 is 0 Å². The Labute approximate surface area is 152 Å². The first-order valence-corrected chi connectivity index (χ1v) is 9.30. The number of nitrogens with zero attached hydrogens (tertiary/aromatic N) is 2. The summed E-state index contributed by atoms with van der Waals surface area (Å²) in [6, 6.07) is 20.7. The molecule has 2 aromatic carbocycles. The average molecular weight is 350 g/mol. The zero-order valence-corrected chi connectivity index (χ0v) is 15.1. The van der Waals surface area contributed by atoms with Gasteiger partial charge in [-0.25, -0.2) is 0 Å². The fraction of sp³-hybridized carbons (Fsp3) is 0.200. The summed E-state index contributed by atoms with van der Waals surface area (Å²) in [5, 5.41) is 7.88. The number of rotatable bonds is 6. The van der Waals surface area contributed by atoms with Crippen molar-refractivity contribution in [2.24, 2.45) is 4.99 Å². The molecule has 3 rings (SSSR count). The second kappa shape index (κ2) is 9.08. The number of guanidine groups is 1. The molecule has 0 amide bonds. The third-order valence-corrected chi connectivity index (χ3v) is 4.81. The third kappa shape index (κ3) is 4.97. The molecule has 2 N–H and O–H groups in total. The minimum atomic E-state index is 0.694. The van der Waals surface area contributed by atoms with Gasteiger partial charge in [-0.05, 0) is 23.8 Å². The molecule has 4 nitrogen and oxygen atoms in total. The first kappa shape index (κ1) is 17.3. The Kier molecular flexibility index (Phi) is 6.29. The van der Waals surface area contributed by atoms with Gasteiger partial charge >= 0.3 is 0 Å². The Morgan fingerprint density at radius 3 is 2.68 bits per heavy atom. The van der Waals surface area contributed by atoms with E-state index in [1.807, 2.05) is 30.1 Å². The Morgan fingerprint density at radius 1 is 1.00 bits per heavy atom. The Balaban J connectivity index is 1.49. The zero-order chi connectivity index (χ0) is 17.3. The number of hydrogen-bond donors (Lipinski definition) is 2. The molecule has 0 aliphatic rings. The lowest BCUT2D eigenvalue weighted by Gasteiger charge is -2.12. The zero-order valence-electron chi connectivity index (χ0n) is 14.3. The number of hydrogen-bond acceptors (Lipinski definition) is 3. The van der Waals surface area contributed by atoms with Crippen LogP contribution < -0.4 is 10.6 Å². The minimum Gasteiger partial charge on any atom is -0.356 e. The molecule has 0 saturated carbocycles. The SMILES string of the molecule is CN=C(NCCSc1ccccc1)NCc1cccc2cccnc12. The quantitative estimate of drug-likeness (QED) is 0.308. The smallest absolute Gasteiger partial charge is 0.191 e. The molecule has 0 aliphatic carbocycles. The van der Waals surface area contributed by atoms with Crippen LogP contribution in [0, 0.1) is 0 Å². The van der Waals surface area contributed by atoms with Gasteiger partial charge in [-0.3, -0.25) is 9.98 Å². The van der Waals surface area contributed by atoms with Gasteiger partial charge in [-0.15, -0.1) is 11.8 Å². The number of fused-ring (bicyclic) bond motifs is 1. The van der Waals surface area contributed by atoms with Crippen LogP contribution in [0.4, 0.5) is 0 Å². The molecule has 25 heavy (non-hydrogen) atoms. The first-order chi connectivity index (χ1) is 12.4. The standard InChI is InChI=1S/C20H22N4S/c1-21-20(23-13-14-25-18-10-3-2-4-11-18)24-15-17-8-5-7-16-9-6-12-22-19(16)17/h2-12H,13-15H2,1H3,(H2,21,23,24). The summed E-state index contributed by atoms with van der Waals surface area (Å²) in [5.74, 6) is 1.79. The van der Waals surface area contributed by atoms with Crippen molar-refractivity contribution >= 4 is 28.6 Å². The maximum atomic E-state index is 4.49. The van der Waals surface area contributed by atoms with Crippen molar-refractivity contribution in [1.82, 2.24) is 15.6 Å². The fourth-order valence-corrected chi connectivity index (χ4v) is 3.35. The first-order valence-electron chi connectivity index (χ1n) is 8.32. The van der Waals surface area contributed by atoms with E-state index in [0.29, 0.717) is 6.54 Å². The lowest BCUT2D eigenvalue weighted by molar-refractivity contribution is 0.835. The van der Waals surface area contributed by atoms with Gasteiger partial charge in [0, 0.05) is 42.4 Å². The molecule has 0 atom stereocenters. The lowest BCUT2D eigenvalue weighted by Crippen LogP contribution is -2.38. The van der Waals surface area contributed by atoms with E-state index in [2.05, 4.69) is 69.1 Å². The number of nitrogens with one attached hydrogen (secondary N) is 2. The summed E-state index contributed by atoms with van der Waals surface area (Å²) < 4.78 is 0. The molecule has 0 unspecified atom stereocenters. The molecular weight excluding hydrogens is 328 g/mol. The maximum absolute atomic E-state index is 4.49. The van der Waals surface area contributed by atoms with Gasteiger partial charge in [0.1, 0.15) is 0 Å². The molecule has 0 bridgehead atoms. The van der Waals surface area contributed by atoms with Gasteiger partial charge in [0.25, 0.3) is 0 Å². The van der Waals surface area contributed by atoms with Crippen LogP contribution >= 0.6 is 11.8 Å². The highest BCUT2D eigenvalue weighted by atomic mass is 32.2. The van der Waals surface area contributed by atoms with E-state index in [1.54, 1.807) is 7.05 Å². The average Bonchev–Trinajstić information content (AvgIpc) is 2.68. The van der Waals surface area contributed by atoms with Crippen LogP contribution in [0.5, 0.6) is 0 Å². The van der Waals surface area contributed by atoms with Crippen LogP contribution in [0.2, 0.25) is 0 Å². The highest BCUT2D eigenvalue weighted by Crippen LogP contribution is 2.16. The summed E-state index contributed by atoms with van der Waals surface area (Å²) in [7, 11) is 1.79. The van der Waals surface area contributed by atoms with E-state index in [0.717, 1.165) is 29.2 Å². The monoisotopic (exact) mass is 350 g/mol. The van der Waals surface area contributed by atoms with Crippen molar-refractivity contribution in [2.75, 3.05) is 19.3 Å². The molecule has 0 aliphatic heterocycles. The molecule has 5 heteroatoms. The molecule has 1 heterocycles. The second-order valence-electron chi connectivity index (χ2n) is 5.51. The Hall–Kier alpha value is -2.53. The highest BCUT2D eigenvalue weighted by Gasteiger charge is 2.03. The molecule has 1 aromatic heterocycles. The van der Waals surface area contributed by atoms with Crippen LogP contribution in [-0.4, -0.2) is 30.3 Å². The minimum absolute atomic E-state index is 0.694. The van der Waals surface area contributed by atoms with Crippen LogP contribution in [0.1, 0.15) is 5.56 Å². The van der Waals surface area contributed by atoms with Crippen molar-refractivity contribution in [3.8, 4) is 0 Å². The molecule has 3 aromatic rings. The number of aromatic nitrogens is 1. The van der Waals surface area contributed by atoms with Gasteiger partial charge in [-0.2, -0.15) is 0 Å². The van der Waals surface area contributed by atoms with E-state index in [9.17, 15) is 0 Å². The maximum Gasteiger partial charge on any atom is 0.191 e. The van der Waals surface area contributed by atoms with E-state index >= 15 is 0 Å². The van der Waals surface area contributed by atoms with Crippen LogP contribution in [-0.2, 0) is 6.54 Å². The molecule has 0 saturated heterocycles. The fourth-order valence-electron chi connectivity index (χ4n) is 2.56. The number of thioether (sulfide) groups is 1. The second-order valence-corrected chi connectivity index (χ2v) is 6.67. The summed E-state index contributed by atoms with van der Waals surface area (Å²) in [4.78, 5) is 10.1. The Morgan fingerprint density at radius 2 is 1.84 bits per heavy atom. The van der Waals surface area contributed by atoms with Crippen molar-refractivity contribution in [1.29, 1.82) is 0 Å². The van der Waals surface area contributed by atoms with Crippen molar-refractivity contribution in [3.63, 3.8) is 0 Å².